The Morgan fingerprint density at radius 2 is 2.14 bits per heavy atom. The quantitative estimate of drug-likeness (QED) is 0.863. The van der Waals surface area contributed by atoms with Crippen LogP contribution in [0.3, 0.4) is 0 Å². The average Bonchev–Trinajstić information content (AvgIpc) is 2.48. The Kier molecular flexibility index (Phi) is 3.85. The van der Waals surface area contributed by atoms with Gasteiger partial charge >= 0.3 is 0 Å². The van der Waals surface area contributed by atoms with E-state index in [9.17, 15) is 14.3 Å². The lowest BCUT2D eigenvalue weighted by Gasteiger charge is -2.47. The second-order valence-corrected chi connectivity index (χ2v) is 6.11. The molecule has 21 heavy (non-hydrogen) atoms. The van der Waals surface area contributed by atoms with Crippen molar-refractivity contribution in [1.29, 1.82) is 0 Å². The van der Waals surface area contributed by atoms with Crippen molar-refractivity contribution in [1.82, 2.24) is 9.80 Å². The lowest BCUT2D eigenvalue weighted by Crippen LogP contribution is -2.60. The zero-order chi connectivity index (χ0) is 15.0. The number of piperazine rings is 1. The van der Waals surface area contributed by atoms with Crippen molar-refractivity contribution in [3.05, 3.63) is 29.6 Å². The smallest absolute Gasteiger partial charge is 0.258 e. The summed E-state index contributed by atoms with van der Waals surface area (Å²) >= 11 is 0. The molecule has 5 heteroatoms. The highest BCUT2D eigenvalue weighted by Crippen LogP contribution is 2.27. The number of carbonyl (C=O) groups is 1. The van der Waals surface area contributed by atoms with E-state index < -0.39 is 5.82 Å². The topological polar surface area (TPSA) is 43.8 Å². The first-order chi connectivity index (χ1) is 10.1. The van der Waals surface area contributed by atoms with Crippen molar-refractivity contribution in [2.75, 3.05) is 19.6 Å². The highest BCUT2D eigenvalue weighted by atomic mass is 19.1. The summed E-state index contributed by atoms with van der Waals surface area (Å²) in [5, 5.41) is 9.83. The Balaban J connectivity index is 1.82. The van der Waals surface area contributed by atoms with E-state index >= 15 is 0 Å². The van der Waals surface area contributed by atoms with Crippen molar-refractivity contribution in [3.8, 4) is 5.75 Å². The van der Waals surface area contributed by atoms with Crippen LogP contribution in [-0.4, -0.2) is 52.5 Å². The number of phenols is 1. The zero-order valence-corrected chi connectivity index (χ0v) is 12.3. The third kappa shape index (κ3) is 2.75. The molecule has 0 bridgehead atoms. The fourth-order valence-electron chi connectivity index (χ4n) is 3.47. The fourth-order valence-corrected chi connectivity index (χ4v) is 3.47. The monoisotopic (exact) mass is 292 g/mol. The second kappa shape index (κ2) is 5.64. The molecule has 0 saturated carbocycles. The number of fused-ring (bicyclic) bond motifs is 1. The number of hydrogen-bond acceptors (Lipinski definition) is 3. The number of phenolic OH excluding ortho intramolecular Hbond substituents is 1. The molecule has 2 aliphatic rings. The third-order valence-electron chi connectivity index (χ3n) is 4.64. The molecule has 2 aliphatic heterocycles. The van der Waals surface area contributed by atoms with E-state index in [4.69, 9.17) is 0 Å². The van der Waals surface area contributed by atoms with Crippen LogP contribution in [0.25, 0.3) is 0 Å². The molecule has 114 valence electrons. The SMILES string of the molecule is CC1CN2CCCCC2CN1C(=O)c1cc(F)ccc1O. The van der Waals surface area contributed by atoms with Crippen molar-refractivity contribution in [2.45, 2.75) is 38.3 Å². The second-order valence-electron chi connectivity index (χ2n) is 6.11. The van der Waals surface area contributed by atoms with Gasteiger partial charge in [-0.25, -0.2) is 4.39 Å². The van der Waals surface area contributed by atoms with Gasteiger partial charge in [-0.1, -0.05) is 6.42 Å². The van der Waals surface area contributed by atoms with Crippen molar-refractivity contribution in [3.63, 3.8) is 0 Å². The lowest BCUT2D eigenvalue weighted by molar-refractivity contribution is 0.0150. The van der Waals surface area contributed by atoms with Crippen LogP contribution in [0, 0.1) is 5.82 Å². The van der Waals surface area contributed by atoms with Gasteiger partial charge in [0.1, 0.15) is 11.6 Å². The van der Waals surface area contributed by atoms with Crippen LogP contribution < -0.4 is 0 Å². The average molecular weight is 292 g/mol. The fraction of sp³-hybridized carbons (Fsp3) is 0.562. The predicted molar refractivity (Wildman–Crippen MR) is 77.8 cm³/mol. The maximum Gasteiger partial charge on any atom is 0.258 e. The molecule has 1 aromatic carbocycles. The molecular formula is C16H21FN2O2. The summed E-state index contributed by atoms with van der Waals surface area (Å²) in [6, 6.07) is 4.00. The maximum atomic E-state index is 13.4. The molecule has 1 N–H and O–H groups in total. The van der Waals surface area contributed by atoms with Gasteiger partial charge in [0.15, 0.2) is 0 Å². The molecule has 0 radical (unpaired) electrons. The van der Waals surface area contributed by atoms with Gasteiger partial charge in [0.05, 0.1) is 5.56 Å². The zero-order valence-electron chi connectivity index (χ0n) is 12.3. The summed E-state index contributed by atoms with van der Waals surface area (Å²) in [5.74, 6) is -0.926. The van der Waals surface area contributed by atoms with Gasteiger partial charge in [-0.15, -0.1) is 0 Å². The number of amides is 1. The van der Waals surface area contributed by atoms with Gasteiger partial charge in [0, 0.05) is 25.2 Å². The molecule has 4 nitrogen and oxygen atoms in total. The number of aromatic hydroxyl groups is 1. The van der Waals surface area contributed by atoms with Crippen LogP contribution in [-0.2, 0) is 0 Å². The normalized spacial score (nSPS) is 26.5. The molecule has 1 amide bonds. The number of hydrogen-bond donors (Lipinski definition) is 1. The Labute approximate surface area is 124 Å². The first-order valence-electron chi connectivity index (χ1n) is 7.60. The Morgan fingerprint density at radius 1 is 1.33 bits per heavy atom. The Hall–Kier alpha value is -1.62. The van der Waals surface area contributed by atoms with E-state index in [1.165, 1.54) is 18.9 Å². The number of rotatable bonds is 1. The minimum atomic E-state index is -0.500. The molecule has 1 aromatic rings. The molecule has 2 atom stereocenters. The van der Waals surface area contributed by atoms with Crippen LogP contribution in [0.2, 0.25) is 0 Å². The number of nitrogens with zero attached hydrogens (tertiary/aromatic N) is 2. The van der Waals surface area contributed by atoms with Gasteiger partial charge in [-0.2, -0.15) is 0 Å². The van der Waals surface area contributed by atoms with Gasteiger partial charge in [-0.3, -0.25) is 9.69 Å². The molecule has 2 fully saturated rings. The van der Waals surface area contributed by atoms with E-state index in [2.05, 4.69) is 4.90 Å². The predicted octanol–water partition coefficient (Wildman–Crippen LogP) is 2.23. The molecule has 2 unspecified atom stereocenters. The highest BCUT2D eigenvalue weighted by molar-refractivity contribution is 5.97. The van der Waals surface area contributed by atoms with Crippen molar-refractivity contribution < 1.29 is 14.3 Å². The molecule has 2 saturated heterocycles. The largest absolute Gasteiger partial charge is 0.507 e. The number of halogens is 1. The van der Waals surface area contributed by atoms with Crippen LogP contribution in [0.15, 0.2) is 18.2 Å². The van der Waals surface area contributed by atoms with E-state index in [0.717, 1.165) is 31.6 Å². The maximum absolute atomic E-state index is 13.4. The van der Waals surface area contributed by atoms with Crippen molar-refractivity contribution in [2.24, 2.45) is 0 Å². The van der Waals surface area contributed by atoms with Crippen molar-refractivity contribution >= 4 is 5.91 Å². The Morgan fingerprint density at radius 3 is 2.95 bits per heavy atom. The van der Waals surface area contributed by atoms with E-state index in [-0.39, 0.29) is 23.3 Å². The van der Waals surface area contributed by atoms with Gasteiger partial charge in [0.2, 0.25) is 0 Å². The minimum absolute atomic E-state index is 0.0612. The Bertz CT molecular complexity index is 549. The first kappa shape index (κ1) is 14.3. The number of piperidine rings is 1. The third-order valence-corrected chi connectivity index (χ3v) is 4.64. The standard InChI is InChI=1S/C16H21FN2O2/c1-11-9-18-7-3-2-4-13(18)10-19(11)16(21)14-8-12(17)5-6-15(14)20/h5-6,8,11,13,20H,2-4,7,9-10H2,1H3. The van der Waals surface area contributed by atoms with Crippen LogP contribution in [0.1, 0.15) is 36.5 Å². The summed E-state index contributed by atoms with van der Waals surface area (Å²) in [6.45, 7) is 4.63. The molecule has 0 aromatic heterocycles. The molecule has 3 rings (SSSR count). The molecule has 2 heterocycles. The van der Waals surface area contributed by atoms with Crippen LogP contribution in [0.4, 0.5) is 4.39 Å². The summed E-state index contributed by atoms with van der Waals surface area (Å²) in [4.78, 5) is 16.9. The molecule has 0 spiro atoms. The summed E-state index contributed by atoms with van der Waals surface area (Å²) in [5.41, 5.74) is 0.0612. The van der Waals surface area contributed by atoms with Gasteiger partial charge in [0.25, 0.3) is 5.91 Å². The van der Waals surface area contributed by atoms with E-state index in [0.29, 0.717) is 12.6 Å². The summed E-state index contributed by atoms with van der Waals surface area (Å²) < 4.78 is 13.4. The van der Waals surface area contributed by atoms with E-state index in [1.807, 2.05) is 6.92 Å². The van der Waals surface area contributed by atoms with Gasteiger partial charge < -0.3 is 10.0 Å². The van der Waals surface area contributed by atoms with Crippen LogP contribution >= 0.6 is 0 Å². The number of carbonyl (C=O) groups excluding carboxylic acids is 1. The first-order valence-corrected chi connectivity index (χ1v) is 7.60. The van der Waals surface area contributed by atoms with E-state index in [1.54, 1.807) is 4.90 Å². The highest BCUT2D eigenvalue weighted by Gasteiger charge is 2.36. The molecule has 0 aliphatic carbocycles. The summed E-state index contributed by atoms with van der Waals surface area (Å²) in [6.07, 6.45) is 3.52. The number of benzene rings is 1. The summed E-state index contributed by atoms with van der Waals surface area (Å²) in [7, 11) is 0. The lowest BCUT2D eigenvalue weighted by atomic mass is 9.96. The minimum Gasteiger partial charge on any atom is -0.507 e. The van der Waals surface area contributed by atoms with Crippen LogP contribution in [0.5, 0.6) is 5.75 Å². The molecular weight excluding hydrogens is 271 g/mol. The van der Waals surface area contributed by atoms with Gasteiger partial charge in [-0.05, 0) is 44.5 Å².